The van der Waals surface area contributed by atoms with Gasteiger partial charge < -0.3 is 14.8 Å². The van der Waals surface area contributed by atoms with E-state index in [4.69, 9.17) is 9.47 Å². The van der Waals surface area contributed by atoms with E-state index in [0.717, 1.165) is 0 Å². The summed E-state index contributed by atoms with van der Waals surface area (Å²) in [6.07, 6.45) is 1.23. The Morgan fingerprint density at radius 3 is 2.67 bits per heavy atom. The second kappa shape index (κ2) is 5.17. The van der Waals surface area contributed by atoms with Gasteiger partial charge in [-0.3, -0.25) is 4.79 Å². The Bertz CT molecular complexity index is 539. The molecule has 1 N–H and O–H groups in total. The standard InChI is InChI=1S/C11H11N3O4/c1-16-9-4-3-7(5-10(9)17-2)13-11(15)8-6-12-18-14-8/h3-6H,1-2H3,(H,13,15). The molecule has 2 aromatic rings. The largest absolute Gasteiger partial charge is 0.493 e. The molecule has 0 fully saturated rings. The first-order chi connectivity index (χ1) is 8.74. The SMILES string of the molecule is COc1ccc(NC(=O)c2cnon2)cc1OC. The summed E-state index contributed by atoms with van der Waals surface area (Å²) in [6, 6.07) is 5.02. The average molecular weight is 249 g/mol. The number of methoxy groups -OCH3 is 2. The van der Waals surface area contributed by atoms with Gasteiger partial charge in [0.2, 0.25) is 0 Å². The number of ether oxygens (including phenoxy) is 2. The van der Waals surface area contributed by atoms with Crippen LogP contribution in [0.3, 0.4) is 0 Å². The molecule has 1 aromatic carbocycles. The van der Waals surface area contributed by atoms with Crippen molar-refractivity contribution in [2.24, 2.45) is 0 Å². The molecule has 0 unspecified atom stereocenters. The number of amides is 1. The van der Waals surface area contributed by atoms with Crippen LogP contribution in [0, 0.1) is 0 Å². The molecule has 0 saturated heterocycles. The van der Waals surface area contributed by atoms with E-state index in [-0.39, 0.29) is 5.69 Å². The first-order valence-electron chi connectivity index (χ1n) is 5.05. The highest BCUT2D eigenvalue weighted by Gasteiger charge is 2.11. The van der Waals surface area contributed by atoms with Gasteiger partial charge in [-0.1, -0.05) is 5.16 Å². The lowest BCUT2D eigenvalue weighted by Gasteiger charge is -2.09. The highest BCUT2D eigenvalue weighted by molar-refractivity contribution is 6.02. The maximum absolute atomic E-state index is 11.7. The fourth-order valence-electron chi connectivity index (χ4n) is 1.37. The summed E-state index contributed by atoms with van der Waals surface area (Å²) in [5, 5.41) is 9.42. The first kappa shape index (κ1) is 11.9. The predicted octanol–water partition coefficient (Wildman–Crippen LogP) is 1.34. The summed E-state index contributed by atoms with van der Waals surface area (Å²) in [5.41, 5.74) is 0.658. The summed E-state index contributed by atoms with van der Waals surface area (Å²) in [7, 11) is 3.06. The Hall–Kier alpha value is -2.57. The molecule has 0 spiro atoms. The molecule has 94 valence electrons. The number of rotatable bonds is 4. The van der Waals surface area contributed by atoms with E-state index in [1.54, 1.807) is 18.2 Å². The van der Waals surface area contributed by atoms with Crippen LogP contribution in [0.2, 0.25) is 0 Å². The maximum atomic E-state index is 11.7. The molecule has 0 bridgehead atoms. The zero-order valence-electron chi connectivity index (χ0n) is 9.84. The van der Waals surface area contributed by atoms with E-state index < -0.39 is 5.91 Å². The quantitative estimate of drug-likeness (QED) is 0.879. The van der Waals surface area contributed by atoms with Gasteiger partial charge in [0.1, 0.15) is 6.20 Å². The Morgan fingerprint density at radius 2 is 2.06 bits per heavy atom. The number of hydrogen-bond acceptors (Lipinski definition) is 6. The van der Waals surface area contributed by atoms with Gasteiger partial charge in [0.15, 0.2) is 17.2 Å². The fourth-order valence-corrected chi connectivity index (χ4v) is 1.37. The number of nitrogens with zero attached hydrogens (tertiary/aromatic N) is 2. The van der Waals surface area contributed by atoms with Crippen LogP contribution in [0.15, 0.2) is 29.0 Å². The normalized spacial score (nSPS) is 9.89. The summed E-state index contributed by atoms with van der Waals surface area (Å²) < 4.78 is 14.6. The van der Waals surface area contributed by atoms with E-state index >= 15 is 0 Å². The lowest BCUT2D eigenvalue weighted by atomic mass is 10.2. The van der Waals surface area contributed by atoms with Crippen molar-refractivity contribution in [1.82, 2.24) is 10.3 Å². The Balaban J connectivity index is 2.17. The van der Waals surface area contributed by atoms with E-state index in [2.05, 4.69) is 20.3 Å². The monoisotopic (exact) mass is 249 g/mol. The molecule has 0 radical (unpaired) electrons. The Morgan fingerprint density at radius 1 is 1.28 bits per heavy atom. The molecule has 0 aliphatic heterocycles. The third-order valence-electron chi connectivity index (χ3n) is 2.24. The molecule has 7 heteroatoms. The number of carbonyl (C=O) groups excluding carboxylic acids is 1. The molecule has 0 aliphatic carbocycles. The van der Waals surface area contributed by atoms with Gasteiger partial charge in [-0.05, 0) is 17.3 Å². The topological polar surface area (TPSA) is 86.5 Å². The van der Waals surface area contributed by atoms with Crippen LogP contribution >= 0.6 is 0 Å². The van der Waals surface area contributed by atoms with Crippen LogP contribution in [0.4, 0.5) is 5.69 Å². The van der Waals surface area contributed by atoms with Crippen molar-refractivity contribution in [2.75, 3.05) is 19.5 Å². The number of nitrogens with one attached hydrogen (secondary N) is 1. The van der Waals surface area contributed by atoms with Gasteiger partial charge in [-0.25, -0.2) is 4.63 Å². The zero-order valence-corrected chi connectivity index (χ0v) is 9.84. The maximum Gasteiger partial charge on any atom is 0.279 e. The van der Waals surface area contributed by atoms with Crippen LogP contribution in [0.5, 0.6) is 11.5 Å². The van der Waals surface area contributed by atoms with Gasteiger partial charge in [-0.2, -0.15) is 0 Å². The second-order valence-corrected chi connectivity index (χ2v) is 3.32. The molecule has 0 saturated carbocycles. The lowest BCUT2D eigenvalue weighted by molar-refractivity contribution is 0.101. The summed E-state index contributed by atoms with van der Waals surface area (Å²) in [4.78, 5) is 11.7. The first-order valence-corrected chi connectivity index (χ1v) is 5.05. The second-order valence-electron chi connectivity index (χ2n) is 3.32. The minimum atomic E-state index is -0.413. The number of benzene rings is 1. The molecule has 0 atom stereocenters. The van der Waals surface area contributed by atoms with E-state index in [1.165, 1.54) is 20.4 Å². The Labute approximate surface area is 103 Å². The number of carbonyl (C=O) groups is 1. The molecule has 2 rings (SSSR count). The van der Waals surface area contributed by atoms with Gasteiger partial charge in [-0.15, -0.1) is 0 Å². The van der Waals surface area contributed by atoms with E-state index in [1.807, 2.05) is 0 Å². The van der Waals surface area contributed by atoms with Gasteiger partial charge >= 0.3 is 0 Å². The van der Waals surface area contributed by atoms with Crippen molar-refractivity contribution >= 4 is 11.6 Å². The molecular formula is C11H11N3O4. The lowest BCUT2D eigenvalue weighted by Crippen LogP contribution is -2.12. The van der Waals surface area contributed by atoms with Crippen molar-refractivity contribution < 1.29 is 18.9 Å². The van der Waals surface area contributed by atoms with Gasteiger partial charge in [0.05, 0.1) is 14.2 Å². The summed E-state index contributed by atoms with van der Waals surface area (Å²) in [6.45, 7) is 0. The van der Waals surface area contributed by atoms with Crippen molar-refractivity contribution in [3.63, 3.8) is 0 Å². The van der Waals surface area contributed by atoms with Crippen LogP contribution in [-0.2, 0) is 0 Å². The van der Waals surface area contributed by atoms with Crippen LogP contribution in [0.25, 0.3) is 0 Å². The van der Waals surface area contributed by atoms with Crippen LogP contribution in [0.1, 0.15) is 10.5 Å². The molecule has 18 heavy (non-hydrogen) atoms. The Kier molecular flexibility index (Phi) is 3.42. The smallest absolute Gasteiger partial charge is 0.279 e. The fraction of sp³-hybridized carbons (Fsp3) is 0.182. The molecule has 1 heterocycles. The van der Waals surface area contributed by atoms with Crippen molar-refractivity contribution in [1.29, 1.82) is 0 Å². The highest BCUT2D eigenvalue weighted by atomic mass is 16.6. The minimum absolute atomic E-state index is 0.102. The van der Waals surface area contributed by atoms with Crippen molar-refractivity contribution in [2.45, 2.75) is 0 Å². The third kappa shape index (κ3) is 2.40. The molecule has 7 nitrogen and oxygen atoms in total. The highest BCUT2D eigenvalue weighted by Crippen LogP contribution is 2.29. The molecular weight excluding hydrogens is 238 g/mol. The minimum Gasteiger partial charge on any atom is -0.493 e. The van der Waals surface area contributed by atoms with Crippen LogP contribution < -0.4 is 14.8 Å². The summed E-state index contributed by atoms with van der Waals surface area (Å²) >= 11 is 0. The van der Waals surface area contributed by atoms with Crippen molar-refractivity contribution in [3.8, 4) is 11.5 Å². The van der Waals surface area contributed by atoms with E-state index in [0.29, 0.717) is 17.2 Å². The molecule has 1 aromatic heterocycles. The molecule has 1 amide bonds. The van der Waals surface area contributed by atoms with Gasteiger partial charge in [0, 0.05) is 11.8 Å². The summed E-state index contributed by atoms with van der Waals surface area (Å²) in [5.74, 6) is 0.690. The van der Waals surface area contributed by atoms with Crippen molar-refractivity contribution in [3.05, 3.63) is 30.1 Å². The number of anilines is 1. The van der Waals surface area contributed by atoms with E-state index in [9.17, 15) is 4.79 Å². The average Bonchev–Trinajstić information content (AvgIpc) is 2.92. The number of aromatic nitrogens is 2. The predicted molar refractivity (Wildman–Crippen MR) is 61.8 cm³/mol. The van der Waals surface area contributed by atoms with Gasteiger partial charge in [0.25, 0.3) is 5.91 Å². The van der Waals surface area contributed by atoms with Crippen LogP contribution in [-0.4, -0.2) is 30.4 Å². The zero-order chi connectivity index (χ0) is 13.0. The number of hydrogen-bond donors (Lipinski definition) is 1. The molecule has 0 aliphatic rings. The third-order valence-corrected chi connectivity index (χ3v) is 2.24.